The molecule has 0 bridgehead atoms. The predicted octanol–water partition coefficient (Wildman–Crippen LogP) is 7.14. The van der Waals surface area contributed by atoms with Crippen LogP contribution in [0.15, 0.2) is 59.2 Å². The van der Waals surface area contributed by atoms with Gasteiger partial charge in [0.1, 0.15) is 23.7 Å². The lowest BCUT2D eigenvalue weighted by Crippen LogP contribution is -2.27. The molecule has 5 rings (SSSR count). The topological polar surface area (TPSA) is 77.2 Å². The maximum atomic E-state index is 12.1. The number of carboxylic acids is 1. The van der Waals surface area contributed by atoms with Crippen LogP contribution >= 0.6 is 27.5 Å². The van der Waals surface area contributed by atoms with E-state index in [1.54, 1.807) is 6.07 Å². The summed E-state index contributed by atoms with van der Waals surface area (Å²) in [6.45, 7) is 2.87. The standard InChI is InChI=1S/C28H27BrClN3O3/c1-17-6-11-20(31-14-17)16-36-21-12-24(30)26-25(13-21)33(15-18-7-9-19(29)10-8-18)27(32-26)22-4-2-3-5-23(22)28(34)35/h6-14,22-23H,2-5,15-16H2,1H3,(H,34,35)/t22-,23-/m0/s1. The summed E-state index contributed by atoms with van der Waals surface area (Å²) < 4.78 is 9.19. The van der Waals surface area contributed by atoms with Gasteiger partial charge in [-0.3, -0.25) is 9.78 Å². The number of imidazole rings is 1. The number of benzene rings is 2. The smallest absolute Gasteiger partial charge is 0.307 e. The zero-order valence-corrected chi connectivity index (χ0v) is 22.3. The van der Waals surface area contributed by atoms with E-state index < -0.39 is 11.9 Å². The van der Waals surface area contributed by atoms with Crippen LogP contribution in [-0.4, -0.2) is 25.6 Å². The number of hydrogen-bond donors (Lipinski definition) is 1. The van der Waals surface area contributed by atoms with Gasteiger partial charge in [0.05, 0.1) is 22.2 Å². The number of hydrogen-bond acceptors (Lipinski definition) is 4. The van der Waals surface area contributed by atoms with E-state index in [2.05, 4.69) is 37.6 Å². The molecule has 1 N–H and O–H groups in total. The largest absolute Gasteiger partial charge is 0.487 e. The molecule has 0 amide bonds. The Hall–Kier alpha value is -2.90. The van der Waals surface area contributed by atoms with Crippen LogP contribution < -0.4 is 4.74 Å². The van der Waals surface area contributed by atoms with Gasteiger partial charge < -0.3 is 14.4 Å². The summed E-state index contributed by atoms with van der Waals surface area (Å²) in [5.41, 5.74) is 4.51. The minimum absolute atomic E-state index is 0.170. The van der Waals surface area contributed by atoms with Gasteiger partial charge in [-0.2, -0.15) is 0 Å². The van der Waals surface area contributed by atoms with Gasteiger partial charge in [0.15, 0.2) is 0 Å². The second kappa shape index (κ2) is 10.6. The molecule has 0 spiro atoms. The lowest BCUT2D eigenvalue weighted by Gasteiger charge is -2.28. The maximum absolute atomic E-state index is 12.1. The van der Waals surface area contributed by atoms with Gasteiger partial charge in [-0.15, -0.1) is 0 Å². The molecular formula is C28H27BrClN3O3. The normalized spacial score (nSPS) is 17.9. The Labute approximate surface area is 223 Å². The maximum Gasteiger partial charge on any atom is 0.307 e. The van der Waals surface area contributed by atoms with Crippen LogP contribution in [0.1, 0.15) is 54.2 Å². The number of fused-ring (bicyclic) bond motifs is 1. The van der Waals surface area contributed by atoms with Gasteiger partial charge in [-0.1, -0.05) is 58.6 Å². The molecule has 2 atom stereocenters. The average molecular weight is 569 g/mol. The van der Waals surface area contributed by atoms with Gasteiger partial charge >= 0.3 is 5.97 Å². The fourth-order valence-corrected chi connectivity index (χ4v) is 5.47. The highest BCUT2D eigenvalue weighted by molar-refractivity contribution is 9.10. The molecule has 4 aromatic rings. The summed E-state index contributed by atoms with van der Waals surface area (Å²) in [7, 11) is 0. The minimum atomic E-state index is -0.761. The number of pyridine rings is 1. The number of ether oxygens (including phenoxy) is 1. The molecule has 1 aliphatic rings. The Kier molecular flexibility index (Phi) is 7.30. The molecule has 8 heteroatoms. The van der Waals surface area contributed by atoms with Crippen molar-refractivity contribution in [1.82, 2.24) is 14.5 Å². The van der Waals surface area contributed by atoms with E-state index in [1.165, 1.54) is 0 Å². The first-order chi connectivity index (χ1) is 17.4. The van der Waals surface area contributed by atoms with Crippen molar-refractivity contribution in [2.24, 2.45) is 5.92 Å². The Morgan fingerprint density at radius 3 is 2.67 bits per heavy atom. The second-order valence-electron chi connectivity index (χ2n) is 9.41. The second-order valence-corrected chi connectivity index (χ2v) is 10.7. The summed E-state index contributed by atoms with van der Waals surface area (Å²) in [5, 5.41) is 10.4. The van der Waals surface area contributed by atoms with Crippen LogP contribution in [-0.2, 0) is 17.9 Å². The summed E-state index contributed by atoms with van der Waals surface area (Å²) >= 11 is 10.2. The number of aryl methyl sites for hydroxylation is 1. The third-order valence-corrected chi connectivity index (χ3v) is 7.66. The Balaban J connectivity index is 1.57. The van der Waals surface area contributed by atoms with Crippen molar-refractivity contribution in [1.29, 1.82) is 0 Å². The van der Waals surface area contributed by atoms with Crippen LogP contribution in [0.4, 0.5) is 0 Å². The van der Waals surface area contributed by atoms with Crippen molar-refractivity contribution in [2.75, 3.05) is 0 Å². The molecule has 1 fully saturated rings. The highest BCUT2D eigenvalue weighted by atomic mass is 79.9. The Bertz CT molecular complexity index is 1390. The summed E-state index contributed by atoms with van der Waals surface area (Å²) in [6.07, 6.45) is 5.18. The van der Waals surface area contributed by atoms with Crippen molar-refractivity contribution in [3.63, 3.8) is 0 Å². The van der Waals surface area contributed by atoms with E-state index >= 15 is 0 Å². The van der Waals surface area contributed by atoms with E-state index in [1.807, 2.05) is 43.5 Å². The average Bonchev–Trinajstić information content (AvgIpc) is 3.23. The lowest BCUT2D eigenvalue weighted by molar-refractivity contribution is -0.143. The zero-order valence-electron chi connectivity index (χ0n) is 20.0. The number of nitrogens with zero attached hydrogens (tertiary/aromatic N) is 3. The Morgan fingerprint density at radius 1 is 1.17 bits per heavy atom. The van der Waals surface area contributed by atoms with Crippen molar-refractivity contribution in [3.8, 4) is 5.75 Å². The number of carboxylic acid groups (broad SMARTS) is 1. The lowest BCUT2D eigenvalue weighted by atomic mass is 9.78. The van der Waals surface area contributed by atoms with Gasteiger partial charge in [0, 0.05) is 35.3 Å². The van der Waals surface area contributed by atoms with Gasteiger partial charge in [-0.25, -0.2) is 4.98 Å². The fourth-order valence-electron chi connectivity index (χ4n) is 4.96. The third kappa shape index (κ3) is 5.27. The number of aliphatic carboxylic acids is 1. The molecule has 0 radical (unpaired) electrons. The highest BCUT2D eigenvalue weighted by Crippen LogP contribution is 2.40. The van der Waals surface area contributed by atoms with Gasteiger partial charge in [0.2, 0.25) is 0 Å². The monoisotopic (exact) mass is 567 g/mol. The van der Waals surface area contributed by atoms with E-state index in [9.17, 15) is 9.90 Å². The van der Waals surface area contributed by atoms with Gasteiger partial charge in [0.25, 0.3) is 0 Å². The third-order valence-electron chi connectivity index (χ3n) is 6.84. The summed E-state index contributed by atoms with van der Waals surface area (Å²) in [4.78, 5) is 21.5. The number of halogens is 2. The molecular weight excluding hydrogens is 542 g/mol. The van der Waals surface area contributed by atoms with Crippen LogP contribution in [0.2, 0.25) is 5.02 Å². The van der Waals surface area contributed by atoms with Crippen LogP contribution in [0, 0.1) is 12.8 Å². The van der Waals surface area contributed by atoms with Crippen molar-refractivity contribution >= 4 is 44.5 Å². The molecule has 186 valence electrons. The molecule has 2 aromatic carbocycles. The molecule has 1 aliphatic carbocycles. The fraction of sp³-hybridized carbons (Fsp3) is 0.321. The Morgan fingerprint density at radius 2 is 1.94 bits per heavy atom. The van der Waals surface area contributed by atoms with Crippen LogP contribution in [0.5, 0.6) is 5.75 Å². The summed E-state index contributed by atoms with van der Waals surface area (Å²) in [5.74, 6) is 0.0105. The molecule has 0 unspecified atom stereocenters. The van der Waals surface area contributed by atoms with E-state index in [0.29, 0.717) is 35.9 Å². The van der Waals surface area contributed by atoms with Crippen molar-refractivity contribution < 1.29 is 14.6 Å². The number of aromatic nitrogens is 3. The van der Waals surface area contributed by atoms with Crippen LogP contribution in [0.25, 0.3) is 11.0 Å². The molecule has 36 heavy (non-hydrogen) atoms. The quantitative estimate of drug-likeness (QED) is 0.256. The highest BCUT2D eigenvalue weighted by Gasteiger charge is 2.35. The molecule has 6 nitrogen and oxygen atoms in total. The predicted molar refractivity (Wildman–Crippen MR) is 144 cm³/mol. The zero-order chi connectivity index (χ0) is 25.2. The first-order valence-electron chi connectivity index (χ1n) is 12.1. The molecule has 0 saturated heterocycles. The first-order valence-corrected chi connectivity index (χ1v) is 13.3. The molecule has 1 saturated carbocycles. The van der Waals surface area contributed by atoms with Gasteiger partial charge in [-0.05, 0) is 49.1 Å². The van der Waals surface area contributed by atoms with Crippen molar-refractivity contribution in [2.45, 2.75) is 51.7 Å². The van der Waals surface area contributed by atoms with Crippen LogP contribution in [0.3, 0.4) is 0 Å². The summed E-state index contributed by atoms with van der Waals surface area (Å²) in [6, 6.07) is 15.8. The van der Waals surface area contributed by atoms with Crippen molar-refractivity contribution in [3.05, 3.63) is 86.9 Å². The minimum Gasteiger partial charge on any atom is -0.487 e. The molecule has 2 aromatic heterocycles. The van der Waals surface area contributed by atoms with E-state index in [4.69, 9.17) is 21.3 Å². The SMILES string of the molecule is Cc1ccc(COc2cc(Cl)c3nc([C@H]4CCCC[C@@H]4C(=O)O)n(Cc4ccc(Br)cc4)c3c2)nc1. The molecule has 2 heterocycles. The van der Waals surface area contributed by atoms with E-state index in [0.717, 1.165) is 51.9 Å². The molecule has 0 aliphatic heterocycles. The number of carbonyl (C=O) groups is 1. The number of rotatable bonds is 7. The first kappa shape index (κ1) is 24.8. The van der Waals surface area contributed by atoms with E-state index in [-0.39, 0.29) is 5.92 Å².